The van der Waals surface area contributed by atoms with Crippen molar-refractivity contribution in [3.63, 3.8) is 0 Å². The molecule has 0 radical (unpaired) electrons. The van der Waals surface area contributed by atoms with Gasteiger partial charge in [-0.2, -0.15) is 0 Å². The molecule has 0 aliphatic heterocycles. The van der Waals surface area contributed by atoms with Gasteiger partial charge in [0.25, 0.3) is 0 Å². The van der Waals surface area contributed by atoms with Crippen LogP contribution in [0.3, 0.4) is 0 Å². The standard InChI is InChI=1S/C24H28BrNO4S/c1-4-24(23(27)28,30-5-2)16-18-7-9-19(10-8-18)29-15-14-26-17(3)6-11-20(26)21-12-13-22(25)31-21/h6-13H,4-5,14-16H2,1-3H3,(H,27,28). The van der Waals surface area contributed by atoms with Gasteiger partial charge in [0, 0.05) is 18.7 Å². The molecule has 5 nitrogen and oxygen atoms in total. The Morgan fingerprint density at radius 3 is 2.45 bits per heavy atom. The smallest absolute Gasteiger partial charge is 0.336 e. The first kappa shape index (κ1) is 23.6. The molecule has 2 heterocycles. The van der Waals surface area contributed by atoms with Crippen molar-refractivity contribution in [2.45, 2.75) is 45.8 Å². The third-order valence-electron chi connectivity index (χ3n) is 5.40. The lowest BCUT2D eigenvalue weighted by atomic mass is 9.91. The number of halogens is 1. The Morgan fingerprint density at radius 1 is 1.13 bits per heavy atom. The molecule has 0 amide bonds. The average molecular weight is 506 g/mol. The number of aromatic nitrogens is 1. The Bertz CT molecular complexity index is 1010. The van der Waals surface area contributed by atoms with Crippen LogP contribution in [0.4, 0.5) is 0 Å². The van der Waals surface area contributed by atoms with Gasteiger partial charge in [0.15, 0.2) is 5.60 Å². The number of carbonyl (C=O) groups is 1. The second-order valence-electron chi connectivity index (χ2n) is 7.37. The van der Waals surface area contributed by atoms with Gasteiger partial charge in [-0.15, -0.1) is 11.3 Å². The largest absolute Gasteiger partial charge is 0.492 e. The van der Waals surface area contributed by atoms with Gasteiger partial charge in [-0.05, 0) is 78.2 Å². The van der Waals surface area contributed by atoms with E-state index in [1.807, 2.05) is 38.1 Å². The van der Waals surface area contributed by atoms with Crippen LogP contribution in [0, 0.1) is 6.92 Å². The molecule has 0 aliphatic rings. The Morgan fingerprint density at radius 2 is 1.87 bits per heavy atom. The minimum Gasteiger partial charge on any atom is -0.492 e. The van der Waals surface area contributed by atoms with Crippen molar-refractivity contribution in [2.75, 3.05) is 13.2 Å². The predicted octanol–water partition coefficient (Wildman–Crippen LogP) is 6.18. The maximum atomic E-state index is 11.8. The van der Waals surface area contributed by atoms with E-state index in [1.54, 1.807) is 11.3 Å². The van der Waals surface area contributed by atoms with E-state index >= 15 is 0 Å². The SMILES string of the molecule is CCOC(CC)(Cc1ccc(OCCn2c(C)ccc2-c2ccc(Br)s2)cc1)C(=O)O. The molecule has 1 aromatic carbocycles. The lowest BCUT2D eigenvalue weighted by Gasteiger charge is -2.28. The van der Waals surface area contributed by atoms with Gasteiger partial charge >= 0.3 is 5.97 Å². The number of aryl methyl sites for hydroxylation is 1. The van der Waals surface area contributed by atoms with Crippen LogP contribution in [-0.4, -0.2) is 34.5 Å². The van der Waals surface area contributed by atoms with Gasteiger partial charge in [-0.3, -0.25) is 0 Å². The van der Waals surface area contributed by atoms with Gasteiger partial charge < -0.3 is 19.1 Å². The number of hydrogen-bond donors (Lipinski definition) is 1. The van der Waals surface area contributed by atoms with Crippen molar-refractivity contribution in [3.05, 3.63) is 63.6 Å². The van der Waals surface area contributed by atoms with E-state index in [2.05, 4.69) is 51.7 Å². The third-order valence-corrected chi connectivity index (χ3v) is 7.05. The minimum atomic E-state index is -1.18. The molecule has 31 heavy (non-hydrogen) atoms. The van der Waals surface area contributed by atoms with E-state index in [1.165, 1.54) is 16.3 Å². The minimum absolute atomic E-state index is 0.329. The number of carboxylic acid groups (broad SMARTS) is 1. The summed E-state index contributed by atoms with van der Waals surface area (Å²) in [6.07, 6.45) is 0.739. The first-order valence-corrected chi connectivity index (χ1v) is 12.0. The first-order valence-electron chi connectivity index (χ1n) is 10.4. The zero-order chi connectivity index (χ0) is 22.4. The molecule has 1 unspecified atom stereocenters. The van der Waals surface area contributed by atoms with Crippen LogP contribution >= 0.6 is 27.3 Å². The van der Waals surface area contributed by atoms with Crippen LogP contribution in [0.1, 0.15) is 31.5 Å². The van der Waals surface area contributed by atoms with Crippen LogP contribution in [0.25, 0.3) is 10.6 Å². The van der Waals surface area contributed by atoms with Crippen LogP contribution in [0.2, 0.25) is 0 Å². The fourth-order valence-electron chi connectivity index (χ4n) is 3.66. The third kappa shape index (κ3) is 5.59. The fourth-order valence-corrected chi connectivity index (χ4v) is 5.08. The van der Waals surface area contributed by atoms with E-state index in [4.69, 9.17) is 9.47 Å². The van der Waals surface area contributed by atoms with Crippen LogP contribution in [0.15, 0.2) is 52.3 Å². The summed E-state index contributed by atoms with van der Waals surface area (Å²) in [6, 6.07) is 16.1. The van der Waals surface area contributed by atoms with Crippen LogP contribution in [0.5, 0.6) is 5.75 Å². The number of carboxylic acids is 1. The molecule has 0 aliphatic carbocycles. The molecule has 3 rings (SSSR count). The van der Waals surface area contributed by atoms with E-state index in [0.717, 1.165) is 21.6 Å². The molecule has 0 fully saturated rings. The van der Waals surface area contributed by atoms with Crippen molar-refractivity contribution in [3.8, 4) is 16.3 Å². The molecule has 2 aromatic heterocycles. The molecule has 7 heteroatoms. The molecule has 0 saturated heterocycles. The summed E-state index contributed by atoms with van der Waals surface area (Å²) in [7, 11) is 0. The number of thiophene rings is 1. The Balaban J connectivity index is 1.62. The van der Waals surface area contributed by atoms with Crippen molar-refractivity contribution in [1.29, 1.82) is 0 Å². The van der Waals surface area contributed by atoms with E-state index < -0.39 is 11.6 Å². The van der Waals surface area contributed by atoms with E-state index in [-0.39, 0.29) is 0 Å². The van der Waals surface area contributed by atoms with Crippen molar-refractivity contribution >= 4 is 33.2 Å². The quantitative estimate of drug-likeness (QED) is 0.338. The van der Waals surface area contributed by atoms with E-state index in [0.29, 0.717) is 26.1 Å². The summed E-state index contributed by atoms with van der Waals surface area (Å²) in [5, 5.41) is 9.65. The zero-order valence-corrected chi connectivity index (χ0v) is 20.5. The lowest BCUT2D eigenvalue weighted by molar-refractivity contribution is -0.166. The van der Waals surface area contributed by atoms with Gasteiger partial charge in [-0.1, -0.05) is 19.1 Å². The van der Waals surface area contributed by atoms with Crippen molar-refractivity contribution in [2.24, 2.45) is 0 Å². The summed E-state index contributed by atoms with van der Waals surface area (Å²) in [5.74, 6) is -0.157. The number of rotatable bonds is 11. The van der Waals surface area contributed by atoms with Crippen LogP contribution < -0.4 is 4.74 Å². The Labute approximate surface area is 195 Å². The summed E-state index contributed by atoms with van der Waals surface area (Å²) in [6.45, 7) is 7.41. The number of nitrogens with zero attached hydrogens (tertiary/aromatic N) is 1. The molecule has 0 saturated carbocycles. The molecule has 3 aromatic rings. The number of hydrogen-bond acceptors (Lipinski definition) is 4. The highest BCUT2D eigenvalue weighted by Crippen LogP contribution is 2.32. The fraction of sp³-hybridized carbons (Fsp3) is 0.375. The molecule has 1 N–H and O–H groups in total. The van der Waals surface area contributed by atoms with Gasteiger partial charge in [-0.25, -0.2) is 4.79 Å². The molecule has 0 spiro atoms. The lowest BCUT2D eigenvalue weighted by Crippen LogP contribution is -2.43. The zero-order valence-electron chi connectivity index (χ0n) is 18.1. The van der Waals surface area contributed by atoms with Gasteiger partial charge in [0.1, 0.15) is 12.4 Å². The molecular weight excluding hydrogens is 478 g/mol. The predicted molar refractivity (Wildman–Crippen MR) is 128 cm³/mol. The number of aliphatic carboxylic acids is 1. The van der Waals surface area contributed by atoms with Crippen molar-refractivity contribution < 1.29 is 19.4 Å². The number of benzene rings is 1. The summed E-state index contributed by atoms with van der Waals surface area (Å²) in [5.41, 5.74) is 2.11. The summed E-state index contributed by atoms with van der Waals surface area (Å²) >= 11 is 5.25. The van der Waals surface area contributed by atoms with Crippen LogP contribution in [-0.2, 0) is 22.5 Å². The molecule has 166 valence electrons. The Kier molecular flexibility index (Phi) is 7.97. The summed E-state index contributed by atoms with van der Waals surface area (Å²) < 4.78 is 14.9. The number of ether oxygens (including phenoxy) is 2. The normalized spacial score (nSPS) is 13.2. The maximum absolute atomic E-state index is 11.8. The topological polar surface area (TPSA) is 60.7 Å². The highest BCUT2D eigenvalue weighted by molar-refractivity contribution is 9.11. The molecule has 1 atom stereocenters. The molecule has 0 bridgehead atoms. The molecular formula is C24H28BrNO4S. The highest BCUT2D eigenvalue weighted by Gasteiger charge is 2.37. The highest BCUT2D eigenvalue weighted by atomic mass is 79.9. The van der Waals surface area contributed by atoms with E-state index in [9.17, 15) is 9.90 Å². The average Bonchev–Trinajstić information content (AvgIpc) is 3.34. The maximum Gasteiger partial charge on any atom is 0.336 e. The van der Waals surface area contributed by atoms with Gasteiger partial charge in [0.05, 0.1) is 20.9 Å². The Hall–Kier alpha value is -2.09. The monoisotopic (exact) mass is 505 g/mol. The second kappa shape index (κ2) is 10.5. The van der Waals surface area contributed by atoms with Crippen molar-refractivity contribution in [1.82, 2.24) is 4.57 Å². The van der Waals surface area contributed by atoms with Gasteiger partial charge in [0.2, 0.25) is 0 Å². The first-order chi connectivity index (χ1) is 14.9. The second-order valence-corrected chi connectivity index (χ2v) is 9.83. The summed E-state index contributed by atoms with van der Waals surface area (Å²) in [4.78, 5) is 13.0.